The first-order valence-electron chi connectivity index (χ1n) is 4.67. The molecule has 14 heavy (non-hydrogen) atoms. The number of aliphatic hydroxyl groups is 1. The van der Waals surface area contributed by atoms with Crippen LogP contribution in [0, 0.1) is 12.3 Å². The molecule has 1 aromatic rings. The summed E-state index contributed by atoms with van der Waals surface area (Å²) in [5.41, 5.74) is 0.940. The van der Waals surface area contributed by atoms with E-state index >= 15 is 0 Å². The van der Waals surface area contributed by atoms with Crippen molar-refractivity contribution in [3.8, 4) is 0 Å². The molecule has 1 rings (SSSR count). The molecule has 2 N–H and O–H groups in total. The molecule has 0 amide bonds. The van der Waals surface area contributed by atoms with Crippen LogP contribution in [0.25, 0.3) is 0 Å². The number of hydrogen-bond donors (Lipinski definition) is 2. The summed E-state index contributed by atoms with van der Waals surface area (Å²) in [6, 6.07) is 1.93. The lowest BCUT2D eigenvalue weighted by molar-refractivity contribution is 0.170. The second-order valence-corrected chi connectivity index (χ2v) is 4.29. The van der Waals surface area contributed by atoms with Crippen molar-refractivity contribution in [2.24, 2.45) is 5.41 Å². The summed E-state index contributed by atoms with van der Waals surface area (Å²) in [5, 5.41) is 20.0. The molecule has 0 bridgehead atoms. The first-order chi connectivity index (χ1) is 6.53. The Bertz CT molecular complexity index is 299. The number of aryl methyl sites for hydroxylation is 1. The molecule has 1 heterocycles. The van der Waals surface area contributed by atoms with Gasteiger partial charge in [-0.1, -0.05) is 13.8 Å². The fourth-order valence-corrected chi connectivity index (χ4v) is 0.936. The average Bonchev–Trinajstić information content (AvgIpc) is 2.15. The Balaban J connectivity index is 2.54. The fraction of sp³-hybridized carbons (Fsp3) is 0.600. The molecule has 0 radical (unpaired) electrons. The molecular formula is C10H17N3O. The monoisotopic (exact) mass is 195 g/mol. The first kappa shape index (κ1) is 10.9. The molecular weight excluding hydrogens is 178 g/mol. The minimum absolute atomic E-state index is 0.134. The van der Waals surface area contributed by atoms with Gasteiger partial charge in [-0.3, -0.25) is 0 Å². The molecule has 1 aromatic heterocycles. The van der Waals surface area contributed by atoms with Crippen LogP contribution in [0.3, 0.4) is 0 Å². The quantitative estimate of drug-likeness (QED) is 0.758. The number of nitrogens with one attached hydrogen (secondary N) is 1. The normalized spacial score (nSPS) is 11.4. The van der Waals surface area contributed by atoms with Crippen LogP contribution in [-0.4, -0.2) is 28.5 Å². The Kier molecular flexibility index (Phi) is 3.41. The number of hydrogen-bond acceptors (Lipinski definition) is 4. The van der Waals surface area contributed by atoms with Crippen LogP contribution in [0.1, 0.15) is 19.4 Å². The first-order valence-corrected chi connectivity index (χ1v) is 4.67. The van der Waals surface area contributed by atoms with E-state index in [0.29, 0.717) is 6.54 Å². The van der Waals surface area contributed by atoms with E-state index in [9.17, 15) is 0 Å². The maximum atomic E-state index is 9.05. The zero-order chi connectivity index (χ0) is 10.6. The lowest BCUT2D eigenvalue weighted by atomic mass is 9.95. The SMILES string of the molecule is Cc1cnnc(NCC(C)(C)CO)c1. The van der Waals surface area contributed by atoms with Crippen molar-refractivity contribution in [2.45, 2.75) is 20.8 Å². The van der Waals surface area contributed by atoms with E-state index in [1.807, 2.05) is 26.8 Å². The second-order valence-electron chi connectivity index (χ2n) is 4.29. The van der Waals surface area contributed by atoms with Crippen molar-refractivity contribution in [1.82, 2.24) is 10.2 Å². The Labute approximate surface area is 84.4 Å². The molecule has 0 saturated heterocycles. The molecule has 0 aliphatic carbocycles. The lowest BCUT2D eigenvalue weighted by Crippen LogP contribution is -2.27. The van der Waals surface area contributed by atoms with Gasteiger partial charge < -0.3 is 10.4 Å². The molecule has 0 spiro atoms. The van der Waals surface area contributed by atoms with E-state index in [0.717, 1.165) is 11.4 Å². The van der Waals surface area contributed by atoms with Crippen LogP contribution in [0.2, 0.25) is 0 Å². The van der Waals surface area contributed by atoms with Crippen LogP contribution in [0.5, 0.6) is 0 Å². The number of aliphatic hydroxyl groups excluding tert-OH is 1. The number of aromatic nitrogens is 2. The minimum Gasteiger partial charge on any atom is -0.396 e. The maximum Gasteiger partial charge on any atom is 0.148 e. The zero-order valence-electron chi connectivity index (χ0n) is 8.91. The zero-order valence-corrected chi connectivity index (χ0v) is 8.91. The predicted octanol–water partition coefficient (Wildman–Crippen LogP) is 1.22. The van der Waals surface area contributed by atoms with E-state index in [2.05, 4.69) is 15.5 Å². The van der Waals surface area contributed by atoms with Gasteiger partial charge in [-0.2, -0.15) is 5.10 Å². The summed E-state index contributed by atoms with van der Waals surface area (Å²) in [6.07, 6.45) is 1.71. The highest BCUT2D eigenvalue weighted by atomic mass is 16.3. The number of rotatable bonds is 4. The van der Waals surface area contributed by atoms with E-state index < -0.39 is 0 Å². The van der Waals surface area contributed by atoms with Gasteiger partial charge in [0.05, 0.1) is 6.20 Å². The lowest BCUT2D eigenvalue weighted by Gasteiger charge is -2.21. The highest BCUT2D eigenvalue weighted by Gasteiger charge is 2.15. The third-order valence-corrected chi connectivity index (χ3v) is 1.97. The van der Waals surface area contributed by atoms with Crippen LogP contribution in [0.15, 0.2) is 12.3 Å². The predicted molar refractivity (Wildman–Crippen MR) is 56.1 cm³/mol. The standard InChI is InChI=1S/C10H17N3O/c1-8-4-9(13-12-5-8)11-6-10(2,3)7-14/h4-5,14H,6-7H2,1-3H3,(H,11,13). The van der Waals surface area contributed by atoms with Gasteiger partial charge >= 0.3 is 0 Å². The number of nitrogens with zero attached hydrogens (tertiary/aromatic N) is 2. The second kappa shape index (κ2) is 4.37. The molecule has 0 saturated carbocycles. The summed E-state index contributed by atoms with van der Waals surface area (Å²) in [4.78, 5) is 0. The van der Waals surface area contributed by atoms with Gasteiger partial charge in [-0.15, -0.1) is 5.10 Å². The largest absolute Gasteiger partial charge is 0.396 e. The Hall–Kier alpha value is -1.16. The van der Waals surface area contributed by atoms with Crippen molar-refractivity contribution in [3.05, 3.63) is 17.8 Å². The van der Waals surface area contributed by atoms with Crippen molar-refractivity contribution < 1.29 is 5.11 Å². The fourth-order valence-electron chi connectivity index (χ4n) is 0.936. The van der Waals surface area contributed by atoms with E-state index in [-0.39, 0.29) is 12.0 Å². The van der Waals surface area contributed by atoms with Gasteiger partial charge in [0.15, 0.2) is 0 Å². The van der Waals surface area contributed by atoms with E-state index in [1.54, 1.807) is 6.20 Å². The summed E-state index contributed by atoms with van der Waals surface area (Å²) >= 11 is 0. The molecule has 4 heteroatoms. The smallest absolute Gasteiger partial charge is 0.148 e. The summed E-state index contributed by atoms with van der Waals surface area (Å²) in [6.45, 7) is 6.78. The minimum atomic E-state index is -0.134. The highest BCUT2D eigenvalue weighted by Crippen LogP contribution is 2.14. The molecule has 0 unspecified atom stereocenters. The van der Waals surface area contributed by atoms with Crippen LogP contribution in [0.4, 0.5) is 5.82 Å². The topological polar surface area (TPSA) is 58.0 Å². The van der Waals surface area contributed by atoms with Crippen molar-refractivity contribution in [3.63, 3.8) is 0 Å². The van der Waals surface area contributed by atoms with Crippen molar-refractivity contribution in [2.75, 3.05) is 18.5 Å². The van der Waals surface area contributed by atoms with Crippen LogP contribution < -0.4 is 5.32 Å². The van der Waals surface area contributed by atoms with Crippen molar-refractivity contribution >= 4 is 5.82 Å². The van der Waals surface area contributed by atoms with E-state index in [1.165, 1.54) is 0 Å². The molecule has 0 aliphatic rings. The highest BCUT2D eigenvalue weighted by molar-refractivity contribution is 5.35. The molecule has 0 aromatic carbocycles. The maximum absolute atomic E-state index is 9.05. The molecule has 0 fully saturated rings. The van der Waals surface area contributed by atoms with Gasteiger partial charge in [0.1, 0.15) is 5.82 Å². The van der Waals surface area contributed by atoms with Gasteiger partial charge in [0.25, 0.3) is 0 Å². The Morgan fingerprint density at radius 1 is 1.50 bits per heavy atom. The van der Waals surface area contributed by atoms with E-state index in [4.69, 9.17) is 5.11 Å². The van der Waals surface area contributed by atoms with Gasteiger partial charge in [0, 0.05) is 18.6 Å². The third kappa shape index (κ3) is 3.30. The molecule has 0 atom stereocenters. The Morgan fingerprint density at radius 2 is 2.21 bits per heavy atom. The summed E-state index contributed by atoms with van der Waals surface area (Å²) in [7, 11) is 0. The van der Waals surface area contributed by atoms with Crippen LogP contribution >= 0.6 is 0 Å². The summed E-state index contributed by atoms with van der Waals surface area (Å²) in [5.74, 6) is 0.756. The van der Waals surface area contributed by atoms with Gasteiger partial charge in [-0.25, -0.2) is 0 Å². The van der Waals surface area contributed by atoms with Crippen molar-refractivity contribution in [1.29, 1.82) is 0 Å². The average molecular weight is 195 g/mol. The molecule has 78 valence electrons. The third-order valence-electron chi connectivity index (χ3n) is 1.97. The van der Waals surface area contributed by atoms with Crippen LogP contribution in [-0.2, 0) is 0 Å². The molecule has 0 aliphatic heterocycles. The summed E-state index contributed by atoms with van der Waals surface area (Å²) < 4.78 is 0. The molecule has 4 nitrogen and oxygen atoms in total. The van der Waals surface area contributed by atoms with Gasteiger partial charge in [0.2, 0.25) is 0 Å². The van der Waals surface area contributed by atoms with Gasteiger partial charge in [-0.05, 0) is 18.6 Å². The Morgan fingerprint density at radius 3 is 2.79 bits per heavy atom. The number of anilines is 1.